The molecule has 2 atom stereocenters. The van der Waals surface area contributed by atoms with Crippen molar-refractivity contribution in [2.75, 3.05) is 6.54 Å². The van der Waals surface area contributed by atoms with Gasteiger partial charge >= 0.3 is 0 Å². The fourth-order valence-corrected chi connectivity index (χ4v) is 5.06. The predicted molar refractivity (Wildman–Crippen MR) is 115 cm³/mol. The Labute approximate surface area is 178 Å². The van der Waals surface area contributed by atoms with E-state index in [1.54, 1.807) is 11.3 Å². The van der Waals surface area contributed by atoms with E-state index in [1.165, 1.54) is 0 Å². The first-order chi connectivity index (χ1) is 13.6. The Balaban J connectivity index is 1.58. The number of H-pyrrole nitrogens is 1. The van der Waals surface area contributed by atoms with Gasteiger partial charge in [-0.05, 0) is 61.5 Å². The average molecular weight is 433 g/mol. The fourth-order valence-electron chi connectivity index (χ4n) is 3.85. The monoisotopic (exact) mass is 432 g/mol. The summed E-state index contributed by atoms with van der Waals surface area (Å²) in [7, 11) is 0. The lowest BCUT2D eigenvalue weighted by Crippen LogP contribution is -2.40. The number of hydrogen-bond acceptors (Lipinski definition) is 4. The van der Waals surface area contributed by atoms with Crippen LogP contribution in [-0.2, 0) is 11.2 Å². The number of nitrogens with zero attached hydrogens (tertiary/aromatic N) is 3. The van der Waals surface area contributed by atoms with E-state index < -0.39 is 6.04 Å². The molecule has 1 aromatic carbocycles. The van der Waals surface area contributed by atoms with E-state index in [0.717, 1.165) is 41.3 Å². The molecule has 28 heavy (non-hydrogen) atoms. The van der Waals surface area contributed by atoms with E-state index in [0.29, 0.717) is 10.6 Å². The molecule has 0 spiro atoms. The van der Waals surface area contributed by atoms with Crippen LogP contribution in [0.4, 0.5) is 0 Å². The number of carbonyl (C=O) groups excluding carboxylic acids is 1. The van der Waals surface area contributed by atoms with Gasteiger partial charge in [0.05, 0.1) is 4.88 Å². The molecule has 0 saturated carbocycles. The van der Waals surface area contributed by atoms with Gasteiger partial charge < -0.3 is 4.90 Å². The van der Waals surface area contributed by atoms with Crippen LogP contribution in [0.2, 0.25) is 5.02 Å². The highest BCUT2D eigenvalue weighted by Gasteiger charge is 2.33. The molecule has 0 bridgehead atoms. The molecule has 5 nitrogen and oxygen atoms in total. The summed E-state index contributed by atoms with van der Waals surface area (Å²) in [4.78, 5) is 16.4. The van der Waals surface area contributed by atoms with E-state index in [2.05, 4.69) is 10.2 Å². The maximum absolute atomic E-state index is 13.4. The first kappa shape index (κ1) is 19.4. The molecule has 2 aromatic heterocycles. The molecule has 1 saturated heterocycles. The molecule has 4 rings (SSSR count). The summed E-state index contributed by atoms with van der Waals surface area (Å²) >= 11 is 13.3. The van der Waals surface area contributed by atoms with Gasteiger partial charge in [-0.1, -0.05) is 35.9 Å². The third-order valence-electron chi connectivity index (χ3n) is 5.26. The summed E-state index contributed by atoms with van der Waals surface area (Å²) in [6, 6.07) is 11.5. The minimum Gasteiger partial charge on any atom is -0.338 e. The molecule has 1 aliphatic rings. The van der Waals surface area contributed by atoms with Gasteiger partial charge in [-0.3, -0.25) is 14.5 Å². The van der Waals surface area contributed by atoms with Crippen molar-refractivity contribution in [2.24, 2.45) is 0 Å². The predicted octanol–water partition coefficient (Wildman–Crippen LogP) is 5.12. The van der Waals surface area contributed by atoms with Gasteiger partial charge in [0.1, 0.15) is 6.04 Å². The van der Waals surface area contributed by atoms with Gasteiger partial charge in [0.15, 0.2) is 10.6 Å². The van der Waals surface area contributed by atoms with Gasteiger partial charge in [0, 0.05) is 17.6 Å². The molecule has 1 amide bonds. The highest BCUT2D eigenvalue weighted by atomic mass is 35.5. The number of aromatic nitrogens is 3. The first-order valence-corrected chi connectivity index (χ1v) is 11.0. The number of rotatable bonds is 5. The molecular formula is C20H21ClN4OS2. The van der Waals surface area contributed by atoms with Crippen LogP contribution in [0.15, 0.2) is 41.8 Å². The van der Waals surface area contributed by atoms with Crippen molar-refractivity contribution in [1.82, 2.24) is 19.7 Å². The van der Waals surface area contributed by atoms with Crippen LogP contribution in [0.3, 0.4) is 0 Å². The zero-order valence-corrected chi connectivity index (χ0v) is 17.9. The fraction of sp³-hybridized carbons (Fsp3) is 0.350. The van der Waals surface area contributed by atoms with Crippen molar-refractivity contribution >= 4 is 41.1 Å². The molecule has 146 valence electrons. The van der Waals surface area contributed by atoms with E-state index in [9.17, 15) is 4.79 Å². The Morgan fingerprint density at radius 1 is 1.39 bits per heavy atom. The van der Waals surface area contributed by atoms with E-state index in [4.69, 9.17) is 23.8 Å². The van der Waals surface area contributed by atoms with Crippen LogP contribution in [0.1, 0.15) is 31.4 Å². The summed E-state index contributed by atoms with van der Waals surface area (Å²) in [6.45, 7) is 2.66. The van der Waals surface area contributed by atoms with Crippen LogP contribution in [0.5, 0.6) is 0 Å². The molecule has 0 aliphatic carbocycles. The number of hydrogen-bond donors (Lipinski definition) is 1. The molecule has 2 unspecified atom stereocenters. The van der Waals surface area contributed by atoms with Gasteiger partial charge in [-0.25, -0.2) is 0 Å². The highest BCUT2D eigenvalue weighted by Crippen LogP contribution is 2.30. The van der Waals surface area contributed by atoms with Crippen LogP contribution >= 0.6 is 35.2 Å². The number of aromatic amines is 1. The minimum absolute atomic E-state index is 0.0739. The van der Waals surface area contributed by atoms with Gasteiger partial charge in [-0.15, -0.1) is 11.3 Å². The third kappa shape index (κ3) is 3.66. The Morgan fingerprint density at radius 3 is 2.96 bits per heavy atom. The molecule has 8 heteroatoms. The normalized spacial score (nSPS) is 17.8. The van der Waals surface area contributed by atoms with Crippen LogP contribution < -0.4 is 0 Å². The van der Waals surface area contributed by atoms with Crippen molar-refractivity contribution in [2.45, 2.75) is 38.3 Å². The molecular weight excluding hydrogens is 412 g/mol. The molecule has 0 radical (unpaired) electrons. The molecule has 3 heterocycles. The first-order valence-electron chi connectivity index (χ1n) is 9.31. The van der Waals surface area contributed by atoms with Gasteiger partial charge in [-0.2, -0.15) is 5.10 Å². The zero-order chi connectivity index (χ0) is 19.7. The lowest BCUT2D eigenvalue weighted by molar-refractivity contribution is -0.135. The van der Waals surface area contributed by atoms with Crippen molar-refractivity contribution < 1.29 is 4.79 Å². The summed E-state index contributed by atoms with van der Waals surface area (Å²) in [5, 5.41) is 9.95. The number of nitrogens with one attached hydrogen (secondary N) is 1. The largest absolute Gasteiger partial charge is 0.338 e. The number of halogens is 1. The highest BCUT2D eigenvalue weighted by molar-refractivity contribution is 7.71. The Hall–Kier alpha value is -1.96. The number of benzene rings is 1. The standard InChI is InChI=1S/C20H21ClN4OS2/c1-13(25-18(22-23-20(25)27)17-9-5-11-28-17)19(26)24-10-4-7-15(24)12-14-6-2-3-8-16(14)21/h2-3,5-6,8-9,11,13,15H,4,7,10,12H2,1H3,(H,23,27). The SMILES string of the molecule is CC(C(=O)N1CCCC1Cc1ccccc1Cl)n1c(-c2cccs2)n[nH]c1=S. The smallest absolute Gasteiger partial charge is 0.245 e. The quantitative estimate of drug-likeness (QED) is 0.569. The van der Waals surface area contributed by atoms with Crippen molar-refractivity contribution in [1.29, 1.82) is 0 Å². The lowest BCUT2D eigenvalue weighted by atomic mass is 10.0. The van der Waals surface area contributed by atoms with E-state index in [-0.39, 0.29) is 11.9 Å². The summed E-state index contributed by atoms with van der Waals surface area (Å²) < 4.78 is 2.29. The van der Waals surface area contributed by atoms with Crippen LogP contribution in [-0.4, -0.2) is 38.2 Å². The Bertz CT molecular complexity index is 1030. The maximum atomic E-state index is 13.4. The van der Waals surface area contributed by atoms with Crippen molar-refractivity contribution in [3.05, 3.63) is 57.1 Å². The second-order valence-electron chi connectivity index (χ2n) is 7.00. The number of carbonyl (C=O) groups is 1. The number of thiophene rings is 1. The molecule has 3 aromatic rings. The summed E-state index contributed by atoms with van der Waals surface area (Å²) in [5.41, 5.74) is 1.08. The Kier molecular flexibility index (Phi) is 5.66. The average Bonchev–Trinajstić information content (AvgIpc) is 3.43. The summed E-state index contributed by atoms with van der Waals surface area (Å²) in [5.74, 6) is 0.785. The summed E-state index contributed by atoms with van der Waals surface area (Å²) in [6.07, 6.45) is 2.76. The van der Waals surface area contributed by atoms with Crippen molar-refractivity contribution in [3.8, 4) is 10.7 Å². The van der Waals surface area contributed by atoms with Gasteiger partial charge in [0.2, 0.25) is 5.91 Å². The van der Waals surface area contributed by atoms with Gasteiger partial charge in [0.25, 0.3) is 0 Å². The van der Waals surface area contributed by atoms with Crippen LogP contribution in [0, 0.1) is 4.77 Å². The molecule has 1 N–H and O–H groups in total. The molecule has 1 aliphatic heterocycles. The zero-order valence-electron chi connectivity index (χ0n) is 15.5. The molecule has 1 fully saturated rings. The maximum Gasteiger partial charge on any atom is 0.245 e. The third-order valence-corrected chi connectivity index (χ3v) is 6.79. The van der Waals surface area contributed by atoms with E-state index in [1.807, 2.05) is 58.2 Å². The van der Waals surface area contributed by atoms with Crippen LogP contribution in [0.25, 0.3) is 10.7 Å². The number of likely N-dealkylation sites (tertiary alicyclic amines) is 1. The van der Waals surface area contributed by atoms with Crippen molar-refractivity contribution in [3.63, 3.8) is 0 Å². The lowest BCUT2D eigenvalue weighted by Gasteiger charge is -2.28. The topological polar surface area (TPSA) is 53.9 Å². The van der Waals surface area contributed by atoms with E-state index >= 15 is 0 Å². The second-order valence-corrected chi connectivity index (χ2v) is 8.74. The number of amides is 1. The Morgan fingerprint density at radius 2 is 2.21 bits per heavy atom. The minimum atomic E-state index is -0.421. The second kappa shape index (κ2) is 8.19.